The zero-order valence-electron chi connectivity index (χ0n) is 15.9. The molecule has 0 aliphatic rings. The summed E-state index contributed by atoms with van der Waals surface area (Å²) in [7, 11) is 0. The van der Waals surface area contributed by atoms with E-state index >= 15 is 0 Å². The van der Waals surface area contributed by atoms with Gasteiger partial charge < -0.3 is 14.8 Å². The summed E-state index contributed by atoms with van der Waals surface area (Å²) in [6, 6.07) is 10.4. The van der Waals surface area contributed by atoms with Crippen LogP contribution in [0.2, 0.25) is 5.02 Å². The van der Waals surface area contributed by atoms with Gasteiger partial charge in [-0.25, -0.2) is 4.39 Å². The zero-order valence-corrected chi connectivity index (χ0v) is 16.6. The van der Waals surface area contributed by atoms with E-state index in [-0.39, 0.29) is 29.3 Å². The first-order valence-electron chi connectivity index (χ1n) is 9.05. The maximum absolute atomic E-state index is 13.6. The lowest BCUT2D eigenvalue weighted by atomic mass is 10.1. The largest absolute Gasteiger partial charge is 0.494 e. The lowest BCUT2D eigenvalue weighted by molar-refractivity contribution is -0.147. The number of rotatable bonds is 10. The van der Waals surface area contributed by atoms with Crippen LogP contribution in [0.15, 0.2) is 42.5 Å². The molecule has 0 aromatic heterocycles. The van der Waals surface area contributed by atoms with Crippen molar-refractivity contribution >= 4 is 34.9 Å². The Hall–Kier alpha value is -2.93. The third-order valence-corrected chi connectivity index (χ3v) is 4.01. The molecule has 0 atom stereocenters. The van der Waals surface area contributed by atoms with Crippen molar-refractivity contribution in [3.63, 3.8) is 0 Å². The Morgan fingerprint density at radius 1 is 1.07 bits per heavy atom. The number of amides is 1. The number of ketones is 1. The second-order valence-corrected chi connectivity index (χ2v) is 6.57. The molecule has 154 valence electrons. The number of halogens is 2. The number of Topliss-reactive ketones (excluding diaryl/α,β-unsaturated/α-hetero) is 1. The number of hydrogen-bond acceptors (Lipinski definition) is 5. The molecule has 0 unspecified atom stereocenters. The number of esters is 1. The maximum atomic E-state index is 13.6. The third-order valence-electron chi connectivity index (χ3n) is 3.77. The number of anilines is 1. The maximum Gasteiger partial charge on any atom is 0.306 e. The van der Waals surface area contributed by atoms with Crippen molar-refractivity contribution in [2.45, 2.75) is 26.2 Å². The first-order valence-corrected chi connectivity index (χ1v) is 9.43. The summed E-state index contributed by atoms with van der Waals surface area (Å²) in [5.74, 6) is -1.65. The molecule has 0 fully saturated rings. The highest BCUT2D eigenvalue weighted by Crippen LogP contribution is 2.19. The van der Waals surface area contributed by atoms with Crippen molar-refractivity contribution in [2.24, 2.45) is 0 Å². The molecule has 0 bridgehead atoms. The third kappa shape index (κ3) is 7.54. The van der Waals surface area contributed by atoms with Crippen LogP contribution in [0.1, 0.15) is 36.5 Å². The van der Waals surface area contributed by atoms with Crippen LogP contribution in [0.3, 0.4) is 0 Å². The Kier molecular flexibility index (Phi) is 8.61. The van der Waals surface area contributed by atoms with Gasteiger partial charge in [0, 0.05) is 17.0 Å². The van der Waals surface area contributed by atoms with Crippen molar-refractivity contribution in [3.05, 3.63) is 58.9 Å². The highest BCUT2D eigenvalue weighted by atomic mass is 35.5. The number of benzene rings is 2. The van der Waals surface area contributed by atoms with E-state index in [1.807, 2.05) is 6.92 Å². The van der Waals surface area contributed by atoms with Gasteiger partial charge >= 0.3 is 5.97 Å². The smallest absolute Gasteiger partial charge is 0.306 e. The van der Waals surface area contributed by atoms with Crippen LogP contribution in [0.25, 0.3) is 0 Å². The van der Waals surface area contributed by atoms with Gasteiger partial charge in [-0.1, -0.05) is 18.5 Å². The zero-order chi connectivity index (χ0) is 21.2. The van der Waals surface area contributed by atoms with E-state index in [1.54, 1.807) is 24.3 Å². The first kappa shape index (κ1) is 22.4. The Balaban J connectivity index is 1.73. The van der Waals surface area contributed by atoms with Gasteiger partial charge in [0.05, 0.1) is 18.7 Å². The molecular formula is C21H21ClFNO5. The van der Waals surface area contributed by atoms with E-state index < -0.39 is 24.3 Å². The fourth-order valence-corrected chi connectivity index (χ4v) is 2.47. The molecule has 0 radical (unpaired) electrons. The number of ether oxygens (including phenoxy) is 2. The monoisotopic (exact) mass is 421 g/mol. The summed E-state index contributed by atoms with van der Waals surface area (Å²) in [5.41, 5.74) is 0.384. The molecule has 8 heteroatoms. The standard InChI is InChI=1S/C21H21ClFNO5/c1-2-11-28-16-6-3-14(4-7-16)19(25)9-10-21(27)29-13-20(26)24-18-8-5-15(22)12-17(18)23/h3-8,12H,2,9-11,13H2,1H3,(H,24,26). The molecule has 0 aliphatic carbocycles. The average Bonchev–Trinajstić information content (AvgIpc) is 2.71. The molecule has 0 spiro atoms. The minimum absolute atomic E-state index is 0.0541. The number of nitrogens with one attached hydrogen (secondary N) is 1. The van der Waals surface area contributed by atoms with Gasteiger partial charge in [0.25, 0.3) is 5.91 Å². The summed E-state index contributed by atoms with van der Waals surface area (Å²) in [5, 5.41) is 2.47. The van der Waals surface area contributed by atoms with Crippen LogP contribution in [0.5, 0.6) is 5.75 Å². The molecular weight excluding hydrogens is 401 g/mol. The average molecular weight is 422 g/mol. The molecule has 6 nitrogen and oxygen atoms in total. The highest BCUT2D eigenvalue weighted by Gasteiger charge is 2.13. The molecule has 1 N–H and O–H groups in total. The van der Waals surface area contributed by atoms with Crippen molar-refractivity contribution < 1.29 is 28.2 Å². The van der Waals surface area contributed by atoms with E-state index in [4.69, 9.17) is 21.1 Å². The van der Waals surface area contributed by atoms with Crippen LogP contribution in [0.4, 0.5) is 10.1 Å². The fraction of sp³-hybridized carbons (Fsp3) is 0.286. The van der Waals surface area contributed by atoms with Crippen molar-refractivity contribution in [2.75, 3.05) is 18.5 Å². The van der Waals surface area contributed by atoms with Crippen LogP contribution in [-0.4, -0.2) is 30.9 Å². The molecule has 2 aromatic carbocycles. The molecule has 0 saturated carbocycles. The normalized spacial score (nSPS) is 10.3. The Labute approximate surface area is 173 Å². The van der Waals surface area contributed by atoms with Gasteiger partial charge in [-0.05, 0) is 48.9 Å². The second kappa shape index (κ2) is 11.2. The summed E-state index contributed by atoms with van der Waals surface area (Å²) >= 11 is 5.63. The van der Waals surface area contributed by atoms with Crippen LogP contribution < -0.4 is 10.1 Å². The van der Waals surface area contributed by atoms with Crippen molar-refractivity contribution in [3.8, 4) is 5.75 Å². The predicted molar refractivity (Wildman–Crippen MR) is 107 cm³/mol. The van der Waals surface area contributed by atoms with E-state index in [9.17, 15) is 18.8 Å². The van der Waals surface area contributed by atoms with Gasteiger partial charge in [-0.2, -0.15) is 0 Å². The van der Waals surface area contributed by atoms with Crippen LogP contribution in [-0.2, 0) is 14.3 Å². The van der Waals surface area contributed by atoms with Gasteiger partial charge in [0.2, 0.25) is 0 Å². The molecule has 2 rings (SSSR count). The Morgan fingerprint density at radius 2 is 1.79 bits per heavy atom. The lowest BCUT2D eigenvalue weighted by Crippen LogP contribution is -2.21. The molecule has 0 aliphatic heterocycles. The summed E-state index contributed by atoms with van der Waals surface area (Å²) in [6.07, 6.45) is 0.659. The predicted octanol–water partition coefficient (Wildman–Crippen LogP) is 4.41. The van der Waals surface area contributed by atoms with Gasteiger partial charge in [0.15, 0.2) is 12.4 Å². The van der Waals surface area contributed by atoms with Gasteiger partial charge in [0.1, 0.15) is 11.6 Å². The van der Waals surface area contributed by atoms with Gasteiger partial charge in [-0.15, -0.1) is 0 Å². The Morgan fingerprint density at radius 3 is 2.45 bits per heavy atom. The van der Waals surface area contributed by atoms with E-state index in [2.05, 4.69) is 5.32 Å². The lowest BCUT2D eigenvalue weighted by Gasteiger charge is -2.08. The van der Waals surface area contributed by atoms with Crippen molar-refractivity contribution in [1.82, 2.24) is 0 Å². The van der Waals surface area contributed by atoms with E-state index in [0.29, 0.717) is 17.9 Å². The molecule has 1 amide bonds. The van der Waals surface area contributed by atoms with Crippen LogP contribution in [0, 0.1) is 5.82 Å². The molecule has 2 aromatic rings. The number of hydrogen-bond donors (Lipinski definition) is 1. The van der Waals surface area contributed by atoms with Gasteiger partial charge in [-0.3, -0.25) is 14.4 Å². The highest BCUT2D eigenvalue weighted by molar-refractivity contribution is 6.30. The topological polar surface area (TPSA) is 81.7 Å². The van der Waals surface area contributed by atoms with E-state index in [1.165, 1.54) is 12.1 Å². The first-order chi connectivity index (χ1) is 13.9. The van der Waals surface area contributed by atoms with E-state index in [0.717, 1.165) is 12.5 Å². The fourth-order valence-electron chi connectivity index (χ4n) is 2.31. The number of carbonyl (C=O) groups is 3. The Bertz CT molecular complexity index is 870. The van der Waals surface area contributed by atoms with Crippen LogP contribution >= 0.6 is 11.6 Å². The SMILES string of the molecule is CCCOc1ccc(C(=O)CCC(=O)OCC(=O)Nc2ccc(Cl)cc2F)cc1. The molecule has 0 saturated heterocycles. The number of carbonyl (C=O) groups excluding carboxylic acids is 3. The molecule has 29 heavy (non-hydrogen) atoms. The van der Waals surface area contributed by atoms with Crippen molar-refractivity contribution in [1.29, 1.82) is 0 Å². The summed E-state index contributed by atoms with van der Waals surface area (Å²) in [4.78, 5) is 35.6. The quantitative estimate of drug-likeness (QED) is 0.454. The minimum atomic E-state index is -0.701. The molecule has 0 heterocycles. The minimum Gasteiger partial charge on any atom is -0.494 e. The summed E-state index contributed by atoms with van der Waals surface area (Å²) in [6.45, 7) is 2.01. The summed E-state index contributed by atoms with van der Waals surface area (Å²) < 4.78 is 23.9. The second-order valence-electron chi connectivity index (χ2n) is 6.13.